The highest BCUT2D eigenvalue weighted by Crippen LogP contribution is 2.43. The molecule has 2 aromatic carbocycles. The van der Waals surface area contributed by atoms with Gasteiger partial charge in [-0.2, -0.15) is 0 Å². The lowest BCUT2D eigenvalue weighted by molar-refractivity contribution is -0.140. The molecule has 1 N–H and O–H groups in total. The van der Waals surface area contributed by atoms with Crippen LogP contribution in [-0.4, -0.2) is 40.9 Å². The number of carbonyl (C=O) groups is 2. The van der Waals surface area contributed by atoms with Gasteiger partial charge in [0.2, 0.25) is 0 Å². The number of aromatic nitrogens is 1. The van der Waals surface area contributed by atoms with Gasteiger partial charge in [-0.25, -0.2) is 0 Å². The number of hydrogen-bond acceptors (Lipinski definition) is 6. The highest BCUT2D eigenvalue weighted by molar-refractivity contribution is 6.46. The highest BCUT2D eigenvalue weighted by atomic mass is 16.5. The molecule has 0 spiro atoms. The molecule has 2 heterocycles. The van der Waals surface area contributed by atoms with Gasteiger partial charge in [0.25, 0.3) is 11.7 Å². The van der Waals surface area contributed by atoms with Crippen LogP contribution in [-0.2, 0) is 16.1 Å². The molecular formula is C26H24N2O5. The largest absolute Gasteiger partial charge is 0.507 e. The van der Waals surface area contributed by atoms with Crippen molar-refractivity contribution in [2.75, 3.05) is 14.2 Å². The fourth-order valence-corrected chi connectivity index (χ4v) is 4.12. The predicted octanol–water partition coefficient (Wildman–Crippen LogP) is 4.03. The zero-order valence-corrected chi connectivity index (χ0v) is 18.6. The number of Topliss-reactive ketones (excluding diaryl/α,β-unsaturated/α-hetero) is 1. The van der Waals surface area contributed by atoms with E-state index < -0.39 is 17.7 Å². The van der Waals surface area contributed by atoms with Gasteiger partial charge in [-0.15, -0.1) is 0 Å². The third kappa shape index (κ3) is 4.05. The topological polar surface area (TPSA) is 89.0 Å². The zero-order valence-electron chi connectivity index (χ0n) is 18.6. The van der Waals surface area contributed by atoms with Crippen molar-refractivity contribution < 1.29 is 24.2 Å². The Morgan fingerprint density at radius 2 is 1.85 bits per heavy atom. The lowest BCUT2D eigenvalue weighted by Gasteiger charge is -2.26. The quantitative estimate of drug-likeness (QED) is 0.351. The zero-order chi connectivity index (χ0) is 23.5. The Kier molecular flexibility index (Phi) is 6.13. The summed E-state index contributed by atoms with van der Waals surface area (Å²) in [6.45, 7) is 1.96. The van der Waals surface area contributed by atoms with Gasteiger partial charge in [-0.05, 0) is 48.4 Å². The molecule has 1 aliphatic rings. The predicted molar refractivity (Wildman–Crippen MR) is 123 cm³/mol. The number of methoxy groups -OCH3 is 2. The van der Waals surface area contributed by atoms with Crippen LogP contribution in [0, 0.1) is 6.92 Å². The Balaban J connectivity index is 1.91. The first kappa shape index (κ1) is 22.1. The van der Waals surface area contributed by atoms with Crippen molar-refractivity contribution >= 4 is 17.4 Å². The normalized spacial score (nSPS) is 17.3. The molecule has 7 heteroatoms. The molecule has 1 saturated heterocycles. The van der Waals surface area contributed by atoms with Crippen LogP contribution in [0.25, 0.3) is 5.76 Å². The van der Waals surface area contributed by atoms with Crippen molar-refractivity contribution in [2.45, 2.75) is 19.5 Å². The van der Waals surface area contributed by atoms with Gasteiger partial charge in [0.05, 0.1) is 25.8 Å². The Morgan fingerprint density at radius 3 is 2.52 bits per heavy atom. The smallest absolute Gasteiger partial charge is 0.295 e. The monoisotopic (exact) mass is 444 g/mol. The summed E-state index contributed by atoms with van der Waals surface area (Å²) in [6.07, 6.45) is 3.29. The molecule has 1 atom stereocenters. The van der Waals surface area contributed by atoms with E-state index in [0.717, 1.165) is 5.56 Å². The van der Waals surface area contributed by atoms with Gasteiger partial charge >= 0.3 is 0 Å². The van der Waals surface area contributed by atoms with E-state index in [-0.39, 0.29) is 17.9 Å². The number of aryl methyl sites for hydroxylation is 1. The van der Waals surface area contributed by atoms with E-state index in [0.29, 0.717) is 28.2 Å². The minimum absolute atomic E-state index is 0.0154. The number of para-hydroxylation sites is 1. The summed E-state index contributed by atoms with van der Waals surface area (Å²) in [6, 6.07) is 15.1. The van der Waals surface area contributed by atoms with E-state index in [1.807, 2.05) is 12.1 Å². The van der Waals surface area contributed by atoms with Gasteiger partial charge in [0, 0.05) is 30.1 Å². The van der Waals surface area contributed by atoms with E-state index in [4.69, 9.17) is 9.47 Å². The van der Waals surface area contributed by atoms with E-state index in [9.17, 15) is 14.7 Å². The van der Waals surface area contributed by atoms with Crippen LogP contribution in [0.3, 0.4) is 0 Å². The number of ether oxygens (including phenoxy) is 2. The van der Waals surface area contributed by atoms with Gasteiger partial charge in [-0.1, -0.05) is 24.3 Å². The van der Waals surface area contributed by atoms with E-state index in [2.05, 4.69) is 4.98 Å². The first-order chi connectivity index (χ1) is 16.0. The van der Waals surface area contributed by atoms with Crippen molar-refractivity contribution in [3.05, 3.63) is 94.8 Å². The second-order valence-corrected chi connectivity index (χ2v) is 7.71. The third-order valence-corrected chi connectivity index (χ3v) is 5.74. The van der Waals surface area contributed by atoms with E-state index in [1.54, 1.807) is 68.9 Å². The van der Waals surface area contributed by atoms with Gasteiger partial charge in [-0.3, -0.25) is 14.6 Å². The summed E-state index contributed by atoms with van der Waals surface area (Å²) < 4.78 is 10.8. The summed E-state index contributed by atoms with van der Waals surface area (Å²) in [4.78, 5) is 32.0. The number of amides is 1. The molecule has 1 aliphatic heterocycles. The Labute approximate surface area is 191 Å². The minimum Gasteiger partial charge on any atom is -0.507 e. The molecule has 0 bridgehead atoms. The maximum Gasteiger partial charge on any atom is 0.295 e. The molecule has 1 amide bonds. The van der Waals surface area contributed by atoms with Gasteiger partial charge in [0.1, 0.15) is 17.3 Å². The average Bonchev–Trinajstić information content (AvgIpc) is 3.09. The molecule has 7 nitrogen and oxygen atoms in total. The summed E-state index contributed by atoms with van der Waals surface area (Å²) in [5, 5.41) is 11.3. The summed E-state index contributed by atoms with van der Waals surface area (Å²) in [5.74, 6) is -0.539. The van der Waals surface area contributed by atoms with Crippen LogP contribution in [0.4, 0.5) is 0 Å². The van der Waals surface area contributed by atoms with Gasteiger partial charge in [0.15, 0.2) is 0 Å². The second kappa shape index (κ2) is 9.16. The molecule has 1 aromatic heterocycles. The van der Waals surface area contributed by atoms with Crippen LogP contribution in [0.2, 0.25) is 0 Å². The number of likely N-dealkylation sites (tertiary alicyclic amines) is 1. The molecule has 168 valence electrons. The van der Waals surface area contributed by atoms with Crippen molar-refractivity contribution in [3.8, 4) is 11.5 Å². The number of hydrogen-bond donors (Lipinski definition) is 1. The molecule has 0 radical (unpaired) electrons. The Bertz CT molecular complexity index is 1240. The Morgan fingerprint density at radius 1 is 1.06 bits per heavy atom. The fraction of sp³-hybridized carbons (Fsp3) is 0.192. The van der Waals surface area contributed by atoms with E-state index >= 15 is 0 Å². The lowest BCUT2D eigenvalue weighted by atomic mass is 9.93. The molecular weight excluding hydrogens is 420 g/mol. The van der Waals surface area contributed by atoms with E-state index in [1.165, 1.54) is 12.0 Å². The SMILES string of the molecule is COc1ccc(C(O)=C2C(=O)C(=O)N(Cc3cccnc3)[C@@H]2c2ccccc2OC)c(C)c1. The molecule has 0 aliphatic carbocycles. The van der Waals surface area contributed by atoms with Crippen LogP contribution < -0.4 is 9.47 Å². The van der Waals surface area contributed by atoms with Crippen molar-refractivity contribution in [3.63, 3.8) is 0 Å². The molecule has 0 unspecified atom stereocenters. The number of nitrogens with zero attached hydrogens (tertiary/aromatic N) is 2. The minimum atomic E-state index is -0.831. The number of rotatable bonds is 6. The summed E-state index contributed by atoms with van der Waals surface area (Å²) in [7, 11) is 3.08. The second-order valence-electron chi connectivity index (χ2n) is 7.71. The Hall–Kier alpha value is -4.13. The number of benzene rings is 2. The maximum absolute atomic E-state index is 13.2. The summed E-state index contributed by atoms with van der Waals surface area (Å²) >= 11 is 0. The molecule has 4 rings (SSSR count). The first-order valence-electron chi connectivity index (χ1n) is 10.4. The number of aliphatic hydroxyl groups is 1. The van der Waals surface area contributed by atoms with Crippen molar-refractivity contribution in [1.82, 2.24) is 9.88 Å². The third-order valence-electron chi connectivity index (χ3n) is 5.74. The van der Waals surface area contributed by atoms with Crippen molar-refractivity contribution in [2.24, 2.45) is 0 Å². The van der Waals surface area contributed by atoms with Gasteiger partial charge < -0.3 is 19.5 Å². The number of aliphatic hydroxyl groups excluding tert-OH is 1. The van der Waals surface area contributed by atoms with Crippen LogP contribution in [0.5, 0.6) is 11.5 Å². The standard InChI is InChI=1S/C26H24N2O5/c1-16-13-18(32-2)10-11-19(16)24(29)22-23(20-8-4-5-9-21(20)33-3)28(26(31)25(22)30)15-17-7-6-12-27-14-17/h4-14,23,29H,15H2,1-3H3/t23-/m1/s1. The van der Waals surface area contributed by atoms with Crippen LogP contribution >= 0.6 is 0 Å². The van der Waals surface area contributed by atoms with Crippen LogP contribution in [0.1, 0.15) is 28.3 Å². The van der Waals surface area contributed by atoms with Crippen LogP contribution in [0.15, 0.2) is 72.6 Å². The molecule has 3 aromatic rings. The number of pyridine rings is 1. The molecule has 1 fully saturated rings. The summed E-state index contributed by atoms with van der Waals surface area (Å²) in [5.41, 5.74) is 2.55. The first-order valence-corrected chi connectivity index (χ1v) is 10.4. The fourth-order valence-electron chi connectivity index (χ4n) is 4.12. The van der Waals surface area contributed by atoms with Crippen molar-refractivity contribution in [1.29, 1.82) is 0 Å². The lowest BCUT2D eigenvalue weighted by Crippen LogP contribution is -2.29. The highest BCUT2D eigenvalue weighted by Gasteiger charge is 2.47. The maximum atomic E-state index is 13.2. The average molecular weight is 444 g/mol. The number of ketones is 1. The molecule has 33 heavy (non-hydrogen) atoms. The molecule has 0 saturated carbocycles. The number of carbonyl (C=O) groups excluding carboxylic acids is 2.